The number of nitrogens with one attached hydrogen (secondary N) is 2. The third-order valence-corrected chi connectivity index (χ3v) is 2.83. The van der Waals surface area contributed by atoms with Crippen molar-refractivity contribution in [1.82, 2.24) is 10.6 Å². The zero-order chi connectivity index (χ0) is 13.5. The van der Waals surface area contributed by atoms with Gasteiger partial charge >= 0.3 is 0 Å². The van der Waals surface area contributed by atoms with Gasteiger partial charge in [0.2, 0.25) is 11.8 Å². The Labute approximate surface area is 113 Å². The molecule has 0 aromatic heterocycles. The number of hydrogen-bond donors (Lipinski definition) is 3. The number of carbonyl (C=O) groups excluding carboxylic acids is 2. The Bertz CT molecular complexity index is 418. The fourth-order valence-corrected chi connectivity index (χ4v) is 1.71. The maximum absolute atomic E-state index is 11.8. The lowest BCUT2D eigenvalue weighted by Crippen LogP contribution is -2.47. The molecule has 18 heavy (non-hydrogen) atoms. The molecular formula is C13H18N2O2S. The first-order valence-electron chi connectivity index (χ1n) is 5.74. The zero-order valence-corrected chi connectivity index (χ0v) is 11.5. The van der Waals surface area contributed by atoms with Crippen LogP contribution < -0.4 is 10.6 Å². The monoisotopic (exact) mass is 266 g/mol. The summed E-state index contributed by atoms with van der Waals surface area (Å²) in [7, 11) is 0. The fraction of sp³-hybridized carbons (Fsp3) is 0.385. The van der Waals surface area contributed by atoms with Crippen LogP contribution in [0.15, 0.2) is 24.3 Å². The molecule has 0 spiro atoms. The Morgan fingerprint density at radius 2 is 1.89 bits per heavy atom. The maximum atomic E-state index is 11.8. The van der Waals surface area contributed by atoms with Crippen LogP contribution in [-0.2, 0) is 16.1 Å². The summed E-state index contributed by atoms with van der Waals surface area (Å²) in [5.41, 5.74) is 2.20. The first kappa shape index (κ1) is 14.6. The molecule has 4 nitrogen and oxygen atoms in total. The minimum atomic E-state index is -0.587. The van der Waals surface area contributed by atoms with E-state index in [-0.39, 0.29) is 17.6 Å². The normalized spacial score (nSPS) is 11.7. The highest BCUT2D eigenvalue weighted by Crippen LogP contribution is 2.02. The van der Waals surface area contributed by atoms with Gasteiger partial charge in [-0.05, 0) is 12.5 Å². The lowest BCUT2D eigenvalue weighted by Gasteiger charge is -2.15. The van der Waals surface area contributed by atoms with Gasteiger partial charge in [0.15, 0.2) is 0 Å². The van der Waals surface area contributed by atoms with E-state index in [1.165, 1.54) is 12.5 Å². The van der Waals surface area contributed by atoms with Crippen LogP contribution in [0.4, 0.5) is 0 Å². The van der Waals surface area contributed by atoms with Crippen molar-refractivity contribution in [3.05, 3.63) is 35.4 Å². The molecule has 0 aliphatic rings. The molecule has 0 radical (unpaired) electrons. The smallest absolute Gasteiger partial charge is 0.243 e. The van der Waals surface area contributed by atoms with Crippen LogP contribution in [-0.4, -0.2) is 23.6 Å². The van der Waals surface area contributed by atoms with Crippen LogP contribution in [0, 0.1) is 6.92 Å². The van der Waals surface area contributed by atoms with Crippen LogP contribution in [0.1, 0.15) is 18.1 Å². The molecule has 1 aromatic carbocycles. The molecule has 1 rings (SSSR count). The van der Waals surface area contributed by atoms with Gasteiger partial charge in [0, 0.05) is 19.2 Å². The van der Waals surface area contributed by atoms with Crippen molar-refractivity contribution in [3.8, 4) is 0 Å². The highest BCUT2D eigenvalue weighted by atomic mass is 32.1. The van der Waals surface area contributed by atoms with Crippen molar-refractivity contribution in [2.24, 2.45) is 0 Å². The Hall–Kier alpha value is -1.49. The SMILES string of the molecule is CC(=O)NC(CS)C(=O)NCc1ccc(C)cc1. The van der Waals surface area contributed by atoms with Gasteiger partial charge in [-0.2, -0.15) is 12.6 Å². The van der Waals surface area contributed by atoms with E-state index in [9.17, 15) is 9.59 Å². The molecule has 1 unspecified atom stereocenters. The van der Waals surface area contributed by atoms with Gasteiger partial charge in [-0.1, -0.05) is 29.8 Å². The van der Waals surface area contributed by atoms with Crippen molar-refractivity contribution in [2.75, 3.05) is 5.75 Å². The van der Waals surface area contributed by atoms with Gasteiger partial charge in [-0.15, -0.1) is 0 Å². The summed E-state index contributed by atoms with van der Waals surface area (Å²) < 4.78 is 0. The van der Waals surface area contributed by atoms with Crippen LogP contribution in [0.2, 0.25) is 0 Å². The highest BCUT2D eigenvalue weighted by Gasteiger charge is 2.16. The predicted octanol–water partition coefficient (Wildman–Crippen LogP) is 1.05. The number of hydrogen-bond acceptors (Lipinski definition) is 3. The molecule has 1 atom stereocenters. The predicted molar refractivity (Wildman–Crippen MR) is 74.5 cm³/mol. The number of thiol groups is 1. The van der Waals surface area contributed by atoms with E-state index < -0.39 is 6.04 Å². The molecule has 98 valence electrons. The van der Waals surface area contributed by atoms with Gasteiger partial charge in [0.05, 0.1) is 0 Å². The Morgan fingerprint density at radius 1 is 1.28 bits per heavy atom. The first-order chi connectivity index (χ1) is 8.52. The van der Waals surface area contributed by atoms with Crippen molar-refractivity contribution in [1.29, 1.82) is 0 Å². The summed E-state index contributed by atoms with van der Waals surface area (Å²) in [4.78, 5) is 22.7. The molecule has 2 amide bonds. The van der Waals surface area contributed by atoms with Gasteiger partial charge in [-0.3, -0.25) is 9.59 Å². The summed E-state index contributed by atoms with van der Waals surface area (Å²) in [5, 5.41) is 5.32. The van der Waals surface area contributed by atoms with E-state index in [0.717, 1.165) is 5.56 Å². The summed E-state index contributed by atoms with van der Waals surface area (Å²) in [5.74, 6) is -0.181. The number of amides is 2. The number of aryl methyl sites for hydroxylation is 1. The molecule has 2 N–H and O–H groups in total. The van der Waals surface area contributed by atoms with Gasteiger partial charge < -0.3 is 10.6 Å². The molecule has 5 heteroatoms. The molecule has 0 saturated heterocycles. The molecule has 1 aromatic rings. The standard InChI is InChI=1S/C13H18N2O2S/c1-9-3-5-11(6-4-9)7-14-13(17)12(8-18)15-10(2)16/h3-6,12,18H,7-8H2,1-2H3,(H,14,17)(H,15,16). The maximum Gasteiger partial charge on any atom is 0.243 e. The minimum absolute atomic E-state index is 0.222. The van der Waals surface area contributed by atoms with Crippen LogP contribution in [0.5, 0.6) is 0 Å². The lowest BCUT2D eigenvalue weighted by atomic mass is 10.1. The highest BCUT2D eigenvalue weighted by molar-refractivity contribution is 7.80. The van der Waals surface area contributed by atoms with Crippen molar-refractivity contribution in [3.63, 3.8) is 0 Å². The number of benzene rings is 1. The lowest BCUT2D eigenvalue weighted by molar-refractivity contribution is -0.127. The summed E-state index contributed by atoms with van der Waals surface area (Å²) in [6.07, 6.45) is 0. The molecular weight excluding hydrogens is 248 g/mol. The van der Waals surface area contributed by atoms with Crippen LogP contribution in [0.3, 0.4) is 0 Å². The number of rotatable bonds is 5. The Morgan fingerprint density at radius 3 is 2.39 bits per heavy atom. The first-order valence-corrected chi connectivity index (χ1v) is 6.37. The van der Waals surface area contributed by atoms with Crippen LogP contribution >= 0.6 is 12.6 Å². The van der Waals surface area contributed by atoms with E-state index in [1.807, 2.05) is 31.2 Å². The van der Waals surface area contributed by atoms with Gasteiger partial charge in [0.25, 0.3) is 0 Å². The second-order valence-electron chi connectivity index (χ2n) is 4.14. The number of carbonyl (C=O) groups is 2. The molecule has 0 heterocycles. The second-order valence-corrected chi connectivity index (χ2v) is 4.50. The molecule has 0 bridgehead atoms. The summed E-state index contributed by atoms with van der Waals surface area (Å²) >= 11 is 4.05. The fourth-order valence-electron chi connectivity index (χ4n) is 1.46. The van der Waals surface area contributed by atoms with E-state index in [2.05, 4.69) is 23.3 Å². The molecule has 0 saturated carbocycles. The third-order valence-electron chi connectivity index (χ3n) is 2.46. The molecule has 0 aliphatic carbocycles. The Balaban J connectivity index is 2.49. The van der Waals surface area contributed by atoms with Crippen LogP contribution in [0.25, 0.3) is 0 Å². The topological polar surface area (TPSA) is 58.2 Å². The third kappa shape index (κ3) is 4.79. The largest absolute Gasteiger partial charge is 0.350 e. The second kappa shape index (κ2) is 7.06. The average Bonchev–Trinajstić information content (AvgIpc) is 2.34. The average molecular weight is 266 g/mol. The summed E-state index contributed by atoms with van der Waals surface area (Å²) in [6, 6.07) is 7.32. The van der Waals surface area contributed by atoms with E-state index >= 15 is 0 Å². The van der Waals surface area contributed by atoms with Gasteiger partial charge in [0.1, 0.15) is 6.04 Å². The Kier molecular flexibility index (Phi) is 5.71. The van der Waals surface area contributed by atoms with E-state index in [1.54, 1.807) is 0 Å². The van der Waals surface area contributed by atoms with Crippen molar-refractivity contribution < 1.29 is 9.59 Å². The quantitative estimate of drug-likeness (QED) is 0.698. The molecule has 0 fully saturated rings. The van der Waals surface area contributed by atoms with Gasteiger partial charge in [-0.25, -0.2) is 0 Å². The van der Waals surface area contributed by atoms with Crippen molar-refractivity contribution >= 4 is 24.4 Å². The zero-order valence-electron chi connectivity index (χ0n) is 10.6. The van der Waals surface area contributed by atoms with E-state index in [4.69, 9.17) is 0 Å². The molecule has 0 aliphatic heterocycles. The van der Waals surface area contributed by atoms with Crippen molar-refractivity contribution in [2.45, 2.75) is 26.4 Å². The van der Waals surface area contributed by atoms with E-state index in [0.29, 0.717) is 6.54 Å². The minimum Gasteiger partial charge on any atom is -0.350 e. The summed E-state index contributed by atoms with van der Waals surface area (Å²) in [6.45, 7) is 3.84.